The van der Waals surface area contributed by atoms with E-state index >= 15 is 0 Å². The van der Waals surface area contributed by atoms with Crippen LogP contribution in [0.15, 0.2) is 23.8 Å². The predicted octanol–water partition coefficient (Wildman–Crippen LogP) is 3.14. The van der Waals surface area contributed by atoms with E-state index in [1.807, 2.05) is 25.1 Å². The van der Waals surface area contributed by atoms with E-state index in [2.05, 4.69) is 0 Å². The number of hydrogen-bond donors (Lipinski definition) is 1. The SMILES string of the molecule is CCc1ccc(OC)c(C(C(=O)O)=C(C)C)c1. The van der Waals surface area contributed by atoms with Gasteiger partial charge in [0.25, 0.3) is 0 Å². The number of aliphatic carboxylic acids is 1. The van der Waals surface area contributed by atoms with Crippen molar-refractivity contribution in [1.29, 1.82) is 0 Å². The maximum atomic E-state index is 11.3. The molecule has 17 heavy (non-hydrogen) atoms. The quantitative estimate of drug-likeness (QED) is 0.814. The van der Waals surface area contributed by atoms with Crippen LogP contribution in [-0.2, 0) is 11.2 Å². The second-order valence-electron chi connectivity index (χ2n) is 4.07. The van der Waals surface area contributed by atoms with Crippen molar-refractivity contribution >= 4 is 11.5 Å². The number of allylic oxidation sites excluding steroid dienone is 1. The molecule has 92 valence electrons. The molecule has 1 aromatic carbocycles. The van der Waals surface area contributed by atoms with Crippen molar-refractivity contribution in [2.75, 3.05) is 7.11 Å². The first-order valence-corrected chi connectivity index (χ1v) is 5.59. The lowest BCUT2D eigenvalue weighted by atomic mass is 9.97. The molecule has 0 aliphatic carbocycles. The maximum absolute atomic E-state index is 11.3. The van der Waals surface area contributed by atoms with Gasteiger partial charge in [0.15, 0.2) is 0 Å². The van der Waals surface area contributed by atoms with E-state index in [4.69, 9.17) is 4.74 Å². The minimum absolute atomic E-state index is 0.317. The van der Waals surface area contributed by atoms with Gasteiger partial charge in [-0.15, -0.1) is 0 Å². The third-order valence-corrected chi connectivity index (χ3v) is 2.66. The molecule has 0 spiro atoms. The fourth-order valence-electron chi connectivity index (χ4n) is 1.77. The van der Waals surface area contributed by atoms with E-state index in [0.29, 0.717) is 16.9 Å². The summed E-state index contributed by atoms with van der Waals surface area (Å²) in [6.07, 6.45) is 0.868. The highest BCUT2D eigenvalue weighted by Crippen LogP contribution is 2.29. The maximum Gasteiger partial charge on any atom is 0.336 e. The third-order valence-electron chi connectivity index (χ3n) is 2.66. The van der Waals surface area contributed by atoms with Gasteiger partial charge in [0.2, 0.25) is 0 Å². The van der Waals surface area contributed by atoms with E-state index in [0.717, 1.165) is 17.6 Å². The summed E-state index contributed by atoms with van der Waals surface area (Å²) < 4.78 is 5.23. The number of carbonyl (C=O) groups is 1. The minimum Gasteiger partial charge on any atom is -0.496 e. The molecule has 0 saturated carbocycles. The average molecular weight is 234 g/mol. The average Bonchev–Trinajstić information content (AvgIpc) is 2.28. The van der Waals surface area contributed by atoms with Crippen LogP contribution < -0.4 is 4.74 Å². The lowest BCUT2D eigenvalue weighted by molar-refractivity contribution is -0.130. The van der Waals surface area contributed by atoms with Gasteiger partial charge in [-0.3, -0.25) is 0 Å². The normalized spacial score (nSPS) is 9.88. The van der Waals surface area contributed by atoms with Gasteiger partial charge >= 0.3 is 5.97 Å². The second-order valence-corrected chi connectivity index (χ2v) is 4.07. The number of benzene rings is 1. The first-order chi connectivity index (χ1) is 8.01. The van der Waals surface area contributed by atoms with E-state index < -0.39 is 5.97 Å². The zero-order valence-corrected chi connectivity index (χ0v) is 10.7. The predicted molar refractivity (Wildman–Crippen MR) is 68.3 cm³/mol. The molecular formula is C14H18O3. The Morgan fingerprint density at radius 3 is 2.41 bits per heavy atom. The molecule has 3 heteroatoms. The smallest absolute Gasteiger partial charge is 0.336 e. The third kappa shape index (κ3) is 2.87. The van der Waals surface area contributed by atoms with Crippen LogP contribution in [0.1, 0.15) is 31.9 Å². The van der Waals surface area contributed by atoms with E-state index in [1.165, 1.54) is 0 Å². The molecular weight excluding hydrogens is 216 g/mol. The van der Waals surface area contributed by atoms with Crippen molar-refractivity contribution < 1.29 is 14.6 Å². The lowest BCUT2D eigenvalue weighted by Gasteiger charge is -2.12. The summed E-state index contributed by atoms with van der Waals surface area (Å²) in [5.74, 6) is -0.322. The number of rotatable bonds is 4. The molecule has 0 aromatic heterocycles. The number of methoxy groups -OCH3 is 1. The van der Waals surface area contributed by atoms with Gasteiger partial charge in [0, 0.05) is 5.56 Å². The molecule has 1 aromatic rings. The first-order valence-electron chi connectivity index (χ1n) is 5.59. The van der Waals surface area contributed by atoms with E-state index in [9.17, 15) is 9.90 Å². The highest BCUT2D eigenvalue weighted by atomic mass is 16.5. The van der Waals surface area contributed by atoms with Gasteiger partial charge in [-0.25, -0.2) is 4.79 Å². The lowest BCUT2D eigenvalue weighted by Crippen LogP contribution is -2.04. The molecule has 1 rings (SSSR count). The van der Waals surface area contributed by atoms with Gasteiger partial charge in [-0.2, -0.15) is 0 Å². The summed E-state index contributed by atoms with van der Waals surface area (Å²) >= 11 is 0. The van der Waals surface area contributed by atoms with Crippen LogP contribution in [-0.4, -0.2) is 18.2 Å². The van der Waals surface area contributed by atoms with Crippen molar-refractivity contribution in [3.8, 4) is 5.75 Å². The molecule has 0 radical (unpaired) electrons. The van der Waals surface area contributed by atoms with E-state index in [-0.39, 0.29) is 0 Å². The first kappa shape index (κ1) is 13.3. The van der Waals surface area contributed by atoms with Gasteiger partial charge in [-0.05, 0) is 38.0 Å². The van der Waals surface area contributed by atoms with Crippen LogP contribution in [0.3, 0.4) is 0 Å². The Morgan fingerprint density at radius 1 is 1.35 bits per heavy atom. The Balaban J connectivity index is 3.46. The van der Waals surface area contributed by atoms with Crippen LogP contribution in [0.4, 0.5) is 0 Å². The Hall–Kier alpha value is -1.77. The Morgan fingerprint density at radius 2 is 2.00 bits per heavy atom. The number of ether oxygens (including phenoxy) is 1. The molecule has 0 bridgehead atoms. The largest absolute Gasteiger partial charge is 0.496 e. The Bertz CT molecular complexity index is 455. The molecule has 0 saturated heterocycles. The summed E-state index contributed by atoms with van der Waals surface area (Å²) in [6.45, 7) is 5.62. The number of carboxylic acid groups (broad SMARTS) is 1. The number of hydrogen-bond acceptors (Lipinski definition) is 2. The number of carboxylic acids is 1. The van der Waals surface area contributed by atoms with Crippen molar-refractivity contribution in [1.82, 2.24) is 0 Å². The van der Waals surface area contributed by atoms with Crippen molar-refractivity contribution in [2.24, 2.45) is 0 Å². The summed E-state index contributed by atoms with van der Waals surface area (Å²) in [6, 6.07) is 5.65. The summed E-state index contributed by atoms with van der Waals surface area (Å²) in [7, 11) is 1.55. The van der Waals surface area contributed by atoms with Crippen molar-refractivity contribution in [2.45, 2.75) is 27.2 Å². The van der Waals surface area contributed by atoms with Gasteiger partial charge < -0.3 is 9.84 Å². The second kappa shape index (κ2) is 5.53. The Labute approximate surface area is 102 Å². The minimum atomic E-state index is -0.920. The fraction of sp³-hybridized carbons (Fsp3) is 0.357. The highest BCUT2D eigenvalue weighted by Gasteiger charge is 2.17. The summed E-state index contributed by atoms with van der Waals surface area (Å²) in [5, 5.41) is 9.27. The molecule has 1 N–H and O–H groups in total. The zero-order chi connectivity index (χ0) is 13.0. The monoisotopic (exact) mass is 234 g/mol. The van der Waals surface area contributed by atoms with Crippen molar-refractivity contribution in [3.05, 3.63) is 34.9 Å². The molecule has 0 amide bonds. The topological polar surface area (TPSA) is 46.5 Å². The van der Waals surface area contributed by atoms with Gasteiger partial charge in [0.05, 0.1) is 12.7 Å². The van der Waals surface area contributed by atoms with Crippen LogP contribution in [0, 0.1) is 0 Å². The molecule has 0 heterocycles. The molecule has 0 atom stereocenters. The Kier molecular flexibility index (Phi) is 4.32. The van der Waals surface area contributed by atoms with Crippen LogP contribution >= 0.6 is 0 Å². The summed E-state index contributed by atoms with van der Waals surface area (Å²) in [4.78, 5) is 11.3. The van der Waals surface area contributed by atoms with Gasteiger partial charge in [0.1, 0.15) is 5.75 Å². The summed E-state index contributed by atoms with van der Waals surface area (Å²) in [5.41, 5.74) is 2.83. The van der Waals surface area contributed by atoms with E-state index in [1.54, 1.807) is 21.0 Å². The van der Waals surface area contributed by atoms with Gasteiger partial charge in [-0.1, -0.05) is 18.6 Å². The standard InChI is InChI=1S/C14H18O3/c1-5-10-6-7-12(17-4)11(8-10)13(9(2)3)14(15)16/h6-8H,5H2,1-4H3,(H,15,16). The molecule has 0 fully saturated rings. The van der Waals surface area contributed by atoms with Crippen LogP contribution in [0.5, 0.6) is 5.75 Å². The highest BCUT2D eigenvalue weighted by molar-refractivity contribution is 6.17. The van der Waals surface area contributed by atoms with Crippen LogP contribution in [0.25, 0.3) is 5.57 Å². The molecule has 0 aliphatic heterocycles. The van der Waals surface area contributed by atoms with Crippen molar-refractivity contribution in [3.63, 3.8) is 0 Å². The number of aryl methyl sites for hydroxylation is 1. The molecule has 0 aliphatic rings. The van der Waals surface area contributed by atoms with Crippen LogP contribution in [0.2, 0.25) is 0 Å². The zero-order valence-electron chi connectivity index (χ0n) is 10.7. The fourth-order valence-corrected chi connectivity index (χ4v) is 1.77. The molecule has 3 nitrogen and oxygen atoms in total. The molecule has 0 unspecified atom stereocenters.